The highest BCUT2D eigenvalue weighted by Gasteiger charge is 2.22. The molecule has 3 atom stereocenters. The Morgan fingerprint density at radius 1 is 1.44 bits per heavy atom. The van der Waals surface area contributed by atoms with Crippen LogP contribution < -0.4 is 10.5 Å². The summed E-state index contributed by atoms with van der Waals surface area (Å²) in [6.07, 6.45) is 2.85. The topological polar surface area (TPSA) is 44.5 Å². The van der Waals surface area contributed by atoms with Gasteiger partial charge in [-0.05, 0) is 50.8 Å². The first-order chi connectivity index (χ1) is 8.56. The van der Waals surface area contributed by atoms with Crippen LogP contribution >= 0.6 is 0 Å². The Morgan fingerprint density at radius 2 is 2.22 bits per heavy atom. The summed E-state index contributed by atoms with van der Waals surface area (Å²) < 4.78 is 11.6. The molecular formula is C15H23NO2. The van der Waals surface area contributed by atoms with Crippen LogP contribution in [0.1, 0.15) is 43.9 Å². The van der Waals surface area contributed by atoms with Crippen LogP contribution in [-0.2, 0) is 4.74 Å². The van der Waals surface area contributed by atoms with Gasteiger partial charge in [0.25, 0.3) is 0 Å². The molecule has 1 aromatic rings. The van der Waals surface area contributed by atoms with Gasteiger partial charge in [-0.2, -0.15) is 0 Å². The Labute approximate surface area is 109 Å². The minimum Gasteiger partial charge on any atom is -0.491 e. The lowest BCUT2D eigenvalue weighted by molar-refractivity contribution is 0.0263. The fraction of sp³-hybridized carbons (Fsp3) is 0.600. The molecule has 0 radical (unpaired) electrons. The molecule has 1 saturated heterocycles. The average molecular weight is 249 g/mol. The summed E-state index contributed by atoms with van der Waals surface area (Å²) >= 11 is 0. The second kappa shape index (κ2) is 5.72. The maximum Gasteiger partial charge on any atom is 0.122 e. The molecule has 0 bridgehead atoms. The summed E-state index contributed by atoms with van der Waals surface area (Å²) in [5, 5.41) is 0. The van der Waals surface area contributed by atoms with Crippen LogP contribution in [-0.4, -0.2) is 18.8 Å². The molecule has 1 aliphatic heterocycles. The van der Waals surface area contributed by atoms with Gasteiger partial charge in [0, 0.05) is 6.04 Å². The Morgan fingerprint density at radius 3 is 2.78 bits per heavy atom. The molecule has 100 valence electrons. The molecule has 2 N–H and O–H groups in total. The first-order valence-electron chi connectivity index (χ1n) is 6.70. The van der Waals surface area contributed by atoms with Crippen LogP contribution in [0.25, 0.3) is 0 Å². The molecule has 0 spiro atoms. The highest BCUT2D eigenvalue weighted by molar-refractivity contribution is 5.37. The zero-order chi connectivity index (χ0) is 13.1. The molecular weight excluding hydrogens is 226 g/mol. The third-order valence-electron chi connectivity index (χ3n) is 3.47. The lowest BCUT2D eigenvalue weighted by Gasteiger charge is -2.15. The molecule has 0 saturated carbocycles. The second-order valence-corrected chi connectivity index (χ2v) is 5.27. The molecule has 0 aliphatic carbocycles. The van der Waals surface area contributed by atoms with E-state index in [2.05, 4.69) is 19.9 Å². The van der Waals surface area contributed by atoms with E-state index in [4.69, 9.17) is 15.2 Å². The summed E-state index contributed by atoms with van der Waals surface area (Å²) in [6, 6.07) is 6.20. The minimum atomic E-state index is 0.0664. The van der Waals surface area contributed by atoms with E-state index < -0.39 is 0 Å². The van der Waals surface area contributed by atoms with E-state index in [1.807, 2.05) is 19.1 Å². The summed E-state index contributed by atoms with van der Waals surface area (Å²) in [5.41, 5.74) is 8.14. The van der Waals surface area contributed by atoms with Gasteiger partial charge in [0.05, 0.1) is 12.2 Å². The van der Waals surface area contributed by atoms with E-state index in [1.165, 1.54) is 0 Å². The van der Waals surface area contributed by atoms with Crippen LogP contribution in [0.2, 0.25) is 0 Å². The number of nitrogens with two attached hydrogens (primary N) is 1. The molecule has 0 aromatic heterocycles. The number of ether oxygens (including phenoxy) is 2. The Hall–Kier alpha value is -1.06. The van der Waals surface area contributed by atoms with Crippen LogP contribution in [0.15, 0.2) is 18.2 Å². The second-order valence-electron chi connectivity index (χ2n) is 5.27. The van der Waals surface area contributed by atoms with Crippen molar-refractivity contribution in [2.24, 2.45) is 5.73 Å². The zero-order valence-corrected chi connectivity index (χ0v) is 11.5. The molecule has 1 aliphatic rings. The predicted molar refractivity (Wildman–Crippen MR) is 72.8 cm³/mol. The van der Waals surface area contributed by atoms with Gasteiger partial charge in [0.1, 0.15) is 12.4 Å². The number of benzene rings is 1. The van der Waals surface area contributed by atoms with Crippen molar-refractivity contribution in [3.05, 3.63) is 29.3 Å². The molecule has 2 rings (SSSR count). The quantitative estimate of drug-likeness (QED) is 0.892. The first-order valence-corrected chi connectivity index (χ1v) is 6.70. The largest absolute Gasteiger partial charge is 0.491 e. The monoisotopic (exact) mass is 249 g/mol. The van der Waals surface area contributed by atoms with Crippen molar-refractivity contribution in [1.29, 1.82) is 0 Å². The highest BCUT2D eigenvalue weighted by atomic mass is 16.5. The lowest BCUT2D eigenvalue weighted by Crippen LogP contribution is -2.18. The van der Waals surface area contributed by atoms with E-state index in [0.717, 1.165) is 29.7 Å². The van der Waals surface area contributed by atoms with Crippen molar-refractivity contribution in [3.63, 3.8) is 0 Å². The Bertz CT molecular complexity index is 403. The smallest absolute Gasteiger partial charge is 0.122 e. The van der Waals surface area contributed by atoms with Crippen LogP contribution in [0, 0.1) is 6.92 Å². The molecule has 3 heteroatoms. The van der Waals surface area contributed by atoms with Crippen molar-refractivity contribution in [3.8, 4) is 5.75 Å². The number of aryl methyl sites for hydroxylation is 1. The van der Waals surface area contributed by atoms with E-state index >= 15 is 0 Å². The van der Waals surface area contributed by atoms with E-state index in [0.29, 0.717) is 12.7 Å². The molecule has 1 aromatic carbocycles. The van der Waals surface area contributed by atoms with Gasteiger partial charge in [-0.3, -0.25) is 0 Å². The van der Waals surface area contributed by atoms with Gasteiger partial charge in [-0.15, -0.1) is 0 Å². The SMILES string of the molecule is Cc1cc([C@H](C)N)ccc1OCC1CCC(C)O1. The minimum absolute atomic E-state index is 0.0664. The van der Waals surface area contributed by atoms with Gasteiger partial charge < -0.3 is 15.2 Å². The fourth-order valence-corrected chi connectivity index (χ4v) is 2.31. The van der Waals surface area contributed by atoms with Crippen molar-refractivity contribution < 1.29 is 9.47 Å². The Balaban J connectivity index is 1.93. The maximum atomic E-state index is 5.86. The van der Waals surface area contributed by atoms with Crippen molar-refractivity contribution in [1.82, 2.24) is 0 Å². The van der Waals surface area contributed by atoms with Gasteiger partial charge in [-0.25, -0.2) is 0 Å². The molecule has 3 nitrogen and oxygen atoms in total. The van der Waals surface area contributed by atoms with Gasteiger partial charge in [0.2, 0.25) is 0 Å². The van der Waals surface area contributed by atoms with E-state index in [1.54, 1.807) is 0 Å². The molecule has 1 fully saturated rings. The molecule has 2 unspecified atom stereocenters. The van der Waals surface area contributed by atoms with Crippen LogP contribution in [0.3, 0.4) is 0 Å². The van der Waals surface area contributed by atoms with Gasteiger partial charge in [0.15, 0.2) is 0 Å². The third kappa shape index (κ3) is 3.24. The standard InChI is InChI=1S/C15H23NO2/c1-10-8-13(12(3)16)5-7-15(10)17-9-14-6-4-11(2)18-14/h5,7-8,11-12,14H,4,6,9,16H2,1-3H3/t11?,12-,14?/m0/s1. The van der Waals surface area contributed by atoms with Crippen LogP contribution in [0.4, 0.5) is 0 Å². The van der Waals surface area contributed by atoms with Gasteiger partial charge in [-0.1, -0.05) is 12.1 Å². The molecule has 18 heavy (non-hydrogen) atoms. The lowest BCUT2D eigenvalue weighted by atomic mass is 10.1. The fourth-order valence-electron chi connectivity index (χ4n) is 2.31. The van der Waals surface area contributed by atoms with Crippen LogP contribution in [0.5, 0.6) is 5.75 Å². The van der Waals surface area contributed by atoms with E-state index in [9.17, 15) is 0 Å². The van der Waals surface area contributed by atoms with Crippen molar-refractivity contribution in [2.75, 3.05) is 6.61 Å². The number of rotatable bonds is 4. The third-order valence-corrected chi connectivity index (χ3v) is 3.47. The first kappa shape index (κ1) is 13.4. The van der Waals surface area contributed by atoms with Crippen molar-refractivity contribution in [2.45, 2.75) is 51.9 Å². The van der Waals surface area contributed by atoms with Gasteiger partial charge >= 0.3 is 0 Å². The maximum absolute atomic E-state index is 5.86. The summed E-state index contributed by atoms with van der Waals surface area (Å²) in [4.78, 5) is 0. The number of hydrogen-bond acceptors (Lipinski definition) is 3. The summed E-state index contributed by atoms with van der Waals surface area (Å²) in [7, 11) is 0. The average Bonchev–Trinajstić information content (AvgIpc) is 2.73. The molecule has 0 amide bonds. The Kier molecular flexibility index (Phi) is 4.25. The summed E-state index contributed by atoms with van der Waals surface area (Å²) in [5.74, 6) is 0.933. The predicted octanol–water partition coefficient (Wildman–Crippen LogP) is 2.96. The highest BCUT2D eigenvalue weighted by Crippen LogP contribution is 2.24. The van der Waals surface area contributed by atoms with E-state index in [-0.39, 0.29) is 12.1 Å². The number of hydrogen-bond donors (Lipinski definition) is 1. The normalized spacial score (nSPS) is 25.1. The summed E-state index contributed by atoms with van der Waals surface area (Å²) in [6.45, 7) is 6.80. The van der Waals surface area contributed by atoms with Crippen molar-refractivity contribution >= 4 is 0 Å². The zero-order valence-electron chi connectivity index (χ0n) is 11.5. The molecule has 1 heterocycles.